The van der Waals surface area contributed by atoms with Gasteiger partial charge in [0.1, 0.15) is 0 Å². The topological polar surface area (TPSA) is 41.6 Å². The molecule has 10 heavy (non-hydrogen) atoms. The number of amidine groups is 1. The summed E-state index contributed by atoms with van der Waals surface area (Å²) in [6, 6.07) is 0. The van der Waals surface area contributed by atoms with Gasteiger partial charge in [0.05, 0.1) is 6.54 Å². The fraction of sp³-hybridized carbons (Fsp3) is 0.833. The number of nitrogens with zero attached hydrogens (tertiary/aromatic N) is 2. The van der Waals surface area contributed by atoms with Gasteiger partial charge in [0.15, 0.2) is 5.17 Å². The number of nitrogens with two attached hydrogens (primary N) is 1. The predicted octanol–water partition coefficient (Wildman–Crippen LogP) is 0.673. The molecule has 0 aromatic carbocycles. The van der Waals surface area contributed by atoms with Crippen LogP contribution >= 0.6 is 11.8 Å². The molecule has 0 amide bonds. The largest absolute Gasteiger partial charge is 0.293 e. The Hall–Kier alpha value is -0.220. The lowest BCUT2D eigenvalue weighted by molar-refractivity contribution is 0.549. The smallest absolute Gasteiger partial charge is 0.173 e. The average molecular weight is 159 g/mol. The molecule has 0 spiro atoms. The summed E-state index contributed by atoms with van der Waals surface area (Å²) >= 11 is 1.73. The van der Waals surface area contributed by atoms with E-state index in [0.29, 0.717) is 0 Å². The fourth-order valence-corrected chi connectivity index (χ4v) is 1.65. The van der Waals surface area contributed by atoms with Crippen LogP contribution in [0.3, 0.4) is 0 Å². The van der Waals surface area contributed by atoms with Crippen LogP contribution in [0.1, 0.15) is 13.8 Å². The fourth-order valence-electron chi connectivity index (χ4n) is 0.753. The Balaban J connectivity index is 2.55. The van der Waals surface area contributed by atoms with Crippen molar-refractivity contribution in [2.24, 2.45) is 10.8 Å². The highest BCUT2D eigenvalue weighted by molar-refractivity contribution is 8.15. The van der Waals surface area contributed by atoms with Gasteiger partial charge in [-0.1, -0.05) is 11.8 Å². The van der Waals surface area contributed by atoms with E-state index in [1.165, 1.54) is 0 Å². The van der Waals surface area contributed by atoms with Crippen LogP contribution in [-0.2, 0) is 0 Å². The maximum Gasteiger partial charge on any atom is 0.173 e. The van der Waals surface area contributed by atoms with Crippen LogP contribution in [0.4, 0.5) is 0 Å². The lowest BCUT2D eigenvalue weighted by atomic mass is 10.2. The third-order valence-electron chi connectivity index (χ3n) is 1.26. The number of aliphatic imine (C=N–C) groups is 1. The maximum absolute atomic E-state index is 5.50. The molecule has 3 nitrogen and oxygen atoms in total. The van der Waals surface area contributed by atoms with Gasteiger partial charge in [-0.2, -0.15) is 0 Å². The molecule has 0 fully saturated rings. The Morgan fingerprint density at radius 3 is 2.50 bits per heavy atom. The zero-order valence-electron chi connectivity index (χ0n) is 6.59. The zero-order chi connectivity index (χ0) is 7.78. The highest BCUT2D eigenvalue weighted by atomic mass is 32.2. The van der Waals surface area contributed by atoms with Crippen molar-refractivity contribution < 1.29 is 0 Å². The van der Waals surface area contributed by atoms with E-state index in [9.17, 15) is 0 Å². The van der Waals surface area contributed by atoms with Gasteiger partial charge in [-0.05, 0) is 13.8 Å². The van der Waals surface area contributed by atoms with Crippen molar-refractivity contribution in [3.63, 3.8) is 0 Å². The van der Waals surface area contributed by atoms with Crippen LogP contribution in [0.5, 0.6) is 0 Å². The minimum atomic E-state index is 0.239. The molecule has 0 aliphatic carbocycles. The number of rotatable bonds is 0. The zero-order valence-corrected chi connectivity index (χ0v) is 7.40. The molecule has 1 aliphatic rings. The van der Waals surface area contributed by atoms with Crippen molar-refractivity contribution >= 4 is 16.9 Å². The first-order valence-corrected chi connectivity index (χ1v) is 4.05. The monoisotopic (exact) mass is 159 g/mol. The van der Waals surface area contributed by atoms with Crippen molar-refractivity contribution in [2.45, 2.75) is 18.6 Å². The van der Waals surface area contributed by atoms with Crippen LogP contribution in [-0.4, -0.2) is 28.5 Å². The molecule has 2 N–H and O–H groups in total. The lowest BCUT2D eigenvalue weighted by Gasteiger charge is -2.16. The van der Waals surface area contributed by atoms with Crippen LogP contribution in [0.25, 0.3) is 0 Å². The highest BCUT2D eigenvalue weighted by Gasteiger charge is 2.28. The molecule has 0 bridgehead atoms. The molecule has 0 unspecified atom stereocenters. The van der Waals surface area contributed by atoms with E-state index in [0.717, 1.165) is 11.7 Å². The first-order chi connectivity index (χ1) is 4.51. The molecular formula is C6H13N3S. The summed E-state index contributed by atoms with van der Waals surface area (Å²) in [6.07, 6.45) is 0. The number of hydrogen-bond acceptors (Lipinski definition) is 4. The van der Waals surface area contributed by atoms with Gasteiger partial charge in [-0.3, -0.25) is 10.0 Å². The Bertz CT molecular complexity index is 162. The van der Waals surface area contributed by atoms with Gasteiger partial charge in [-0.15, -0.1) is 0 Å². The SMILES string of the molecule is CN(N)C1=NCC(C)(C)S1. The van der Waals surface area contributed by atoms with Gasteiger partial charge in [0, 0.05) is 11.8 Å². The molecule has 0 saturated heterocycles. The summed E-state index contributed by atoms with van der Waals surface area (Å²) in [7, 11) is 1.81. The van der Waals surface area contributed by atoms with E-state index in [2.05, 4.69) is 18.8 Å². The van der Waals surface area contributed by atoms with Gasteiger partial charge in [0.25, 0.3) is 0 Å². The second-order valence-corrected chi connectivity index (χ2v) is 4.75. The van der Waals surface area contributed by atoms with Crippen molar-refractivity contribution in [3.8, 4) is 0 Å². The Kier molecular flexibility index (Phi) is 1.92. The summed E-state index contributed by atoms with van der Waals surface area (Å²) in [5.41, 5.74) is 0. The number of hydrogen-bond donors (Lipinski definition) is 1. The molecule has 1 rings (SSSR count). The Labute approximate surface area is 65.6 Å². The first-order valence-electron chi connectivity index (χ1n) is 3.23. The van der Waals surface area contributed by atoms with E-state index in [-0.39, 0.29) is 4.75 Å². The number of hydrazine groups is 1. The van der Waals surface area contributed by atoms with E-state index < -0.39 is 0 Å². The normalized spacial score (nSPS) is 22.6. The van der Waals surface area contributed by atoms with E-state index in [1.54, 1.807) is 16.8 Å². The van der Waals surface area contributed by atoms with Crippen LogP contribution in [0, 0.1) is 0 Å². The molecule has 58 valence electrons. The van der Waals surface area contributed by atoms with Crippen molar-refractivity contribution in [3.05, 3.63) is 0 Å². The van der Waals surface area contributed by atoms with Crippen molar-refractivity contribution in [2.75, 3.05) is 13.6 Å². The summed E-state index contributed by atoms with van der Waals surface area (Å²) in [6.45, 7) is 5.20. The van der Waals surface area contributed by atoms with E-state index in [1.807, 2.05) is 7.05 Å². The maximum atomic E-state index is 5.50. The summed E-state index contributed by atoms with van der Waals surface area (Å²) in [5, 5.41) is 2.50. The second kappa shape index (κ2) is 2.43. The van der Waals surface area contributed by atoms with Gasteiger partial charge in [0.2, 0.25) is 0 Å². The standard InChI is InChI=1S/C6H13N3S/c1-6(2)4-8-5(10-6)9(3)7/h4,7H2,1-3H3. The Morgan fingerprint density at radius 1 is 1.70 bits per heavy atom. The molecule has 0 aromatic rings. The molecule has 1 heterocycles. The van der Waals surface area contributed by atoms with E-state index >= 15 is 0 Å². The predicted molar refractivity (Wildman–Crippen MR) is 45.9 cm³/mol. The van der Waals surface area contributed by atoms with Crippen LogP contribution in [0.15, 0.2) is 4.99 Å². The van der Waals surface area contributed by atoms with E-state index in [4.69, 9.17) is 5.84 Å². The quantitative estimate of drug-likeness (QED) is 0.417. The minimum absolute atomic E-state index is 0.239. The molecule has 0 radical (unpaired) electrons. The molecule has 0 saturated carbocycles. The summed E-state index contributed by atoms with van der Waals surface area (Å²) in [4.78, 5) is 4.27. The van der Waals surface area contributed by atoms with Gasteiger partial charge < -0.3 is 0 Å². The van der Waals surface area contributed by atoms with Gasteiger partial charge in [-0.25, -0.2) is 5.84 Å². The average Bonchev–Trinajstić information content (AvgIpc) is 2.10. The molecule has 0 atom stereocenters. The van der Waals surface area contributed by atoms with Gasteiger partial charge >= 0.3 is 0 Å². The minimum Gasteiger partial charge on any atom is -0.293 e. The highest BCUT2D eigenvalue weighted by Crippen LogP contribution is 2.31. The molecule has 4 heteroatoms. The summed E-state index contributed by atoms with van der Waals surface area (Å²) < 4.78 is 0.239. The third-order valence-corrected chi connectivity index (χ3v) is 2.55. The van der Waals surface area contributed by atoms with Crippen LogP contribution in [0.2, 0.25) is 0 Å². The Morgan fingerprint density at radius 2 is 2.30 bits per heavy atom. The third kappa shape index (κ3) is 1.64. The molecular weight excluding hydrogens is 146 g/mol. The second-order valence-electron chi connectivity index (χ2n) is 3.07. The number of thioether (sulfide) groups is 1. The molecule has 1 aliphatic heterocycles. The lowest BCUT2D eigenvalue weighted by Crippen LogP contribution is -2.31. The first kappa shape index (κ1) is 7.88. The van der Waals surface area contributed by atoms with Crippen LogP contribution < -0.4 is 5.84 Å². The summed E-state index contributed by atoms with van der Waals surface area (Å²) in [5.74, 6) is 5.50. The molecule has 0 aromatic heterocycles. The van der Waals surface area contributed by atoms with Crippen molar-refractivity contribution in [1.82, 2.24) is 5.01 Å². The van der Waals surface area contributed by atoms with Crippen molar-refractivity contribution in [1.29, 1.82) is 0 Å².